The van der Waals surface area contributed by atoms with E-state index in [9.17, 15) is 33.9 Å². The number of amides is 4. The first-order chi connectivity index (χ1) is 18.6. The number of carboxylic acids is 2. The number of carbonyl (C=O) groups is 6. The molecule has 2 rings (SSSR count). The fourth-order valence-corrected chi connectivity index (χ4v) is 3.79. The van der Waals surface area contributed by atoms with E-state index in [1.807, 2.05) is 0 Å². The molecule has 0 spiro atoms. The van der Waals surface area contributed by atoms with E-state index < -0.39 is 54.2 Å². The minimum absolute atomic E-state index is 0.0461. The predicted molar refractivity (Wildman–Crippen MR) is 143 cm³/mol. The number of aliphatic carboxylic acids is 2. The molecule has 0 saturated carbocycles. The van der Waals surface area contributed by atoms with Crippen LogP contribution in [0.5, 0.6) is 0 Å². The number of hydrogen-bond donors (Lipinski definition) is 7. The van der Waals surface area contributed by atoms with Gasteiger partial charge in [0.25, 0.3) is 0 Å². The Hall–Kier alpha value is -4.39. The van der Waals surface area contributed by atoms with E-state index in [4.69, 9.17) is 5.11 Å². The van der Waals surface area contributed by atoms with Crippen molar-refractivity contribution < 1.29 is 39.0 Å². The van der Waals surface area contributed by atoms with Crippen LogP contribution in [0.4, 0.5) is 0 Å². The summed E-state index contributed by atoms with van der Waals surface area (Å²) in [5.41, 5.74) is 2.18. The standard InChI is InChI=1S/C26H30N4O8S/c31-15-27-13-18-8-6-17(7-9-18)11-22(32)28-19(10-16-4-2-1-3-5-16)24(35)29-20(12-23(33)34)25(36)30-21(14-39)26(37)38/h1-9,15,19-21,39H,10-14H2,(H,27,31)(H,28,32)(H,29,35)(H,30,36)(H,33,34)(H,37,38)/t19-,20-,21-/m0/s1. The Labute approximate surface area is 230 Å². The number of carboxylic acid groups (broad SMARTS) is 2. The van der Waals surface area contributed by atoms with Crippen LogP contribution in [0.3, 0.4) is 0 Å². The lowest BCUT2D eigenvalue weighted by Gasteiger charge is -2.23. The molecule has 0 aliphatic heterocycles. The molecular weight excluding hydrogens is 528 g/mol. The number of benzene rings is 2. The van der Waals surface area contributed by atoms with Gasteiger partial charge in [-0.25, -0.2) is 4.79 Å². The summed E-state index contributed by atoms with van der Waals surface area (Å²) in [7, 11) is 0. The maximum absolute atomic E-state index is 13.2. The Balaban J connectivity index is 2.17. The number of rotatable bonds is 16. The summed E-state index contributed by atoms with van der Waals surface area (Å²) in [6.07, 6.45) is -0.256. The zero-order valence-corrected chi connectivity index (χ0v) is 21.7. The Morgan fingerprint density at radius 3 is 1.92 bits per heavy atom. The molecule has 0 bridgehead atoms. The molecule has 2 aromatic carbocycles. The fourth-order valence-electron chi connectivity index (χ4n) is 3.54. The van der Waals surface area contributed by atoms with Crippen LogP contribution in [0.2, 0.25) is 0 Å². The van der Waals surface area contributed by atoms with Crippen LogP contribution in [-0.2, 0) is 48.2 Å². The molecule has 2 aromatic rings. The van der Waals surface area contributed by atoms with Gasteiger partial charge in [-0.1, -0.05) is 54.6 Å². The molecule has 0 aliphatic carbocycles. The molecule has 0 radical (unpaired) electrons. The van der Waals surface area contributed by atoms with Gasteiger partial charge >= 0.3 is 11.9 Å². The lowest BCUT2D eigenvalue weighted by Crippen LogP contribution is -2.57. The number of hydrogen-bond acceptors (Lipinski definition) is 7. The monoisotopic (exact) mass is 558 g/mol. The SMILES string of the molecule is O=CNCc1ccc(CC(=O)N[C@@H](Cc2ccccc2)C(=O)N[C@@H](CC(=O)O)C(=O)N[C@@H](CS)C(=O)O)cc1. The number of thiol groups is 1. The van der Waals surface area contributed by atoms with Gasteiger partial charge < -0.3 is 31.5 Å². The third kappa shape index (κ3) is 10.9. The lowest BCUT2D eigenvalue weighted by atomic mass is 10.0. The lowest BCUT2D eigenvalue weighted by molar-refractivity contribution is -0.143. The molecule has 0 fully saturated rings. The van der Waals surface area contributed by atoms with Gasteiger partial charge in [0.1, 0.15) is 18.1 Å². The van der Waals surface area contributed by atoms with Crippen LogP contribution < -0.4 is 21.3 Å². The first-order valence-corrected chi connectivity index (χ1v) is 12.5. The van der Waals surface area contributed by atoms with Crippen LogP contribution in [0.15, 0.2) is 54.6 Å². The van der Waals surface area contributed by atoms with Crippen LogP contribution in [0.25, 0.3) is 0 Å². The summed E-state index contributed by atoms with van der Waals surface area (Å²) in [5, 5.41) is 28.1. The summed E-state index contributed by atoms with van der Waals surface area (Å²) in [4.78, 5) is 71.7. The topological polar surface area (TPSA) is 191 Å². The summed E-state index contributed by atoms with van der Waals surface area (Å²) < 4.78 is 0. The minimum atomic E-state index is -1.60. The highest BCUT2D eigenvalue weighted by molar-refractivity contribution is 7.80. The molecule has 4 amide bonds. The van der Waals surface area contributed by atoms with E-state index in [-0.39, 0.29) is 18.6 Å². The Bertz CT molecular complexity index is 1160. The molecule has 0 unspecified atom stereocenters. The second kappa shape index (κ2) is 15.8. The van der Waals surface area contributed by atoms with Crippen LogP contribution >= 0.6 is 12.6 Å². The Morgan fingerprint density at radius 1 is 0.769 bits per heavy atom. The smallest absolute Gasteiger partial charge is 0.327 e. The van der Waals surface area contributed by atoms with Gasteiger partial charge in [-0.15, -0.1) is 0 Å². The zero-order valence-electron chi connectivity index (χ0n) is 20.8. The third-order valence-corrected chi connectivity index (χ3v) is 5.89. The predicted octanol–water partition coefficient (Wildman–Crippen LogP) is -0.339. The molecule has 0 saturated heterocycles. The molecule has 39 heavy (non-hydrogen) atoms. The maximum atomic E-state index is 13.2. The molecule has 0 aromatic heterocycles. The summed E-state index contributed by atoms with van der Waals surface area (Å²) >= 11 is 3.86. The van der Waals surface area contributed by atoms with E-state index in [1.165, 1.54) is 0 Å². The van der Waals surface area contributed by atoms with E-state index in [0.717, 1.165) is 5.56 Å². The molecule has 13 heteroatoms. The molecule has 0 aliphatic rings. The van der Waals surface area contributed by atoms with Gasteiger partial charge in [0.05, 0.1) is 12.8 Å². The molecule has 208 valence electrons. The molecule has 6 N–H and O–H groups in total. The van der Waals surface area contributed by atoms with E-state index in [2.05, 4.69) is 33.9 Å². The normalized spacial score (nSPS) is 12.7. The highest BCUT2D eigenvalue weighted by Crippen LogP contribution is 2.08. The van der Waals surface area contributed by atoms with Crippen molar-refractivity contribution in [1.29, 1.82) is 0 Å². The van der Waals surface area contributed by atoms with Gasteiger partial charge in [0.15, 0.2) is 0 Å². The van der Waals surface area contributed by atoms with E-state index in [0.29, 0.717) is 24.1 Å². The van der Waals surface area contributed by atoms with Gasteiger partial charge in [-0.2, -0.15) is 12.6 Å². The van der Waals surface area contributed by atoms with Crippen LogP contribution in [0, 0.1) is 0 Å². The van der Waals surface area contributed by atoms with Gasteiger partial charge in [0.2, 0.25) is 24.1 Å². The minimum Gasteiger partial charge on any atom is -0.481 e. The van der Waals surface area contributed by atoms with Crippen LogP contribution in [-0.4, -0.2) is 70.2 Å². The average molecular weight is 559 g/mol. The maximum Gasteiger partial charge on any atom is 0.327 e. The molecule has 0 heterocycles. The summed E-state index contributed by atoms with van der Waals surface area (Å²) in [6, 6.07) is 11.5. The largest absolute Gasteiger partial charge is 0.481 e. The highest BCUT2D eigenvalue weighted by atomic mass is 32.1. The first kappa shape index (κ1) is 30.8. The summed E-state index contributed by atoms with van der Waals surface area (Å²) in [6.45, 7) is 0.335. The number of carbonyl (C=O) groups excluding carboxylic acids is 4. The van der Waals surface area contributed by atoms with Crippen molar-refractivity contribution in [1.82, 2.24) is 21.3 Å². The van der Waals surface area contributed by atoms with E-state index in [1.54, 1.807) is 54.6 Å². The Morgan fingerprint density at radius 2 is 1.36 bits per heavy atom. The molecule has 3 atom stereocenters. The molecule has 12 nitrogen and oxygen atoms in total. The number of nitrogens with one attached hydrogen (secondary N) is 4. The quantitative estimate of drug-likeness (QED) is 0.107. The first-order valence-electron chi connectivity index (χ1n) is 11.9. The van der Waals surface area contributed by atoms with Gasteiger partial charge in [0, 0.05) is 18.7 Å². The summed E-state index contributed by atoms with van der Waals surface area (Å²) in [5.74, 6) is -5.35. The van der Waals surface area contributed by atoms with Crippen molar-refractivity contribution in [3.05, 3.63) is 71.3 Å². The van der Waals surface area contributed by atoms with Gasteiger partial charge in [-0.3, -0.25) is 24.0 Å². The highest BCUT2D eigenvalue weighted by Gasteiger charge is 2.30. The average Bonchev–Trinajstić information content (AvgIpc) is 2.90. The van der Waals surface area contributed by atoms with Crippen molar-refractivity contribution in [2.24, 2.45) is 0 Å². The second-order valence-corrected chi connectivity index (χ2v) is 8.91. The van der Waals surface area contributed by atoms with Crippen molar-refractivity contribution in [2.75, 3.05) is 5.75 Å². The second-order valence-electron chi connectivity index (χ2n) is 8.54. The Kier molecular flexibility index (Phi) is 12.5. The third-order valence-electron chi connectivity index (χ3n) is 5.52. The van der Waals surface area contributed by atoms with Crippen LogP contribution in [0.1, 0.15) is 23.1 Å². The van der Waals surface area contributed by atoms with Crippen molar-refractivity contribution >= 4 is 48.7 Å². The zero-order chi connectivity index (χ0) is 28.8. The molecular formula is C26H30N4O8S. The van der Waals surface area contributed by atoms with Crippen molar-refractivity contribution in [2.45, 2.75) is 43.9 Å². The van der Waals surface area contributed by atoms with Crippen molar-refractivity contribution in [3.8, 4) is 0 Å². The van der Waals surface area contributed by atoms with Crippen molar-refractivity contribution in [3.63, 3.8) is 0 Å². The van der Waals surface area contributed by atoms with E-state index >= 15 is 0 Å². The fraction of sp³-hybridized carbons (Fsp3) is 0.308. The van der Waals surface area contributed by atoms with Gasteiger partial charge in [-0.05, 0) is 16.7 Å².